The Bertz CT molecular complexity index is 1170. The van der Waals surface area contributed by atoms with Crippen molar-refractivity contribution in [2.45, 2.75) is 30.2 Å². The maximum absolute atomic E-state index is 12.3. The van der Waals surface area contributed by atoms with E-state index in [2.05, 4.69) is 20.8 Å². The molecule has 1 heterocycles. The van der Waals surface area contributed by atoms with Crippen molar-refractivity contribution in [2.75, 3.05) is 0 Å². The molecule has 2 amide bonds. The lowest BCUT2D eigenvalue weighted by molar-refractivity contribution is -0.122. The van der Waals surface area contributed by atoms with Crippen LogP contribution in [-0.2, 0) is 10.5 Å². The largest absolute Gasteiger partial charge is 0.333 e. The number of hydrazine groups is 1. The zero-order valence-corrected chi connectivity index (χ0v) is 18.5. The zero-order chi connectivity index (χ0) is 22.3. The highest BCUT2D eigenvalue weighted by atomic mass is 32.2. The second kappa shape index (κ2) is 10.2. The lowest BCUT2D eigenvalue weighted by Gasteiger charge is -2.12. The molecular formula is C25H24N4O2S. The number of hydrogen-bond donors (Lipinski definition) is 3. The van der Waals surface area contributed by atoms with Gasteiger partial charge >= 0.3 is 0 Å². The van der Waals surface area contributed by atoms with Crippen LogP contribution in [0.3, 0.4) is 0 Å². The third-order valence-electron chi connectivity index (χ3n) is 5.13. The Hall–Kier alpha value is -3.58. The molecule has 32 heavy (non-hydrogen) atoms. The van der Waals surface area contributed by atoms with Crippen LogP contribution >= 0.6 is 11.8 Å². The van der Waals surface area contributed by atoms with E-state index in [4.69, 9.17) is 0 Å². The van der Waals surface area contributed by atoms with Gasteiger partial charge in [0, 0.05) is 17.7 Å². The number of nitrogens with one attached hydrogen (secondary N) is 3. The lowest BCUT2D eigenvalue weighted by Crippen LogP contribution is -2.41. The highest BCUT2D eigenvalue weighted by Gasteiger charge is 2.12. The number of carbonyl (C=O) groups excluding carboxylic acids is 2. The minimum Gasteiger partial charge on any atom is -0.333 e. The number of H-pyrrole nitrogens is 1. The molecule has 1 atom stereocenters. The fourth-order valence-corrected chi connectivity index (χ4v) is 4.17. The Labute approximate surface area is 190 Å². The summed E-state index contributed by atoms with van der Waals surface area (Å²) in [7, 11) is 0. The van der Waals surface area contributed by atoms with E-state index in [0.29, 0.717) is 12.0 Å². The van der Waals surface area contributed by atoms with Crippen LogP contribution in [0.25, 0.3) is 11.0 Å². The summed E-state index contributed by atoms with van der Waals surface area (Å²) in [6, 6.07) is 25.1. The first-order valence-electron chi connectivity index (χ1n) is 10.4. The number of aromatic nitrogens is 2. The third kappa shape index (κ3) is 5.56. The third-order valence-corrected chi connectivity index (χ3v) is 6.08. The van der Waals surface area contributed by atoms with Crippen LogP contribution in [0.15, 0.2) is 84.0 Å². The molecule has 0 aliphatic heterocycles. The van der Waals surface area contributed by atoms with E-state index >= 15 is 0 Å². The van der Waals surface area contributed by atoms with Gasteiger partial charge in [-0.1, -0.05) is 73.3 Å². The van der Waals surface area contributed by atoms with Crippen LogP contribution in [0.5, 0.6) is 0 Å². The fourth-order valence-electron chi connectivity index (χ4n) is 3.33. The van der Waals surface area contributed by atoms with E-state index in [1.807, 2.05) is 73.7 Å². The van der Waals surface area contributed by atoms with Gasteiger partial charge in [-0.3, -0.25) is 20.4 Å². The molecule has 3 N–H and O–H groups in total. The van der Waals surface area contributed by atoms with Crippen LogP contribution in [0.1, 0.15) is 40.7 Å². The summed E-state index contributed by atoms with van der Waals surface area (Å²) in [5.74, 6) is 0.225. The molecule has 0 spiro atoms. The number of nitrogens with zero attached hydrogens (tertiary/aromatic N) is 1. The van der Waals surface area contributed by atoms with Crippen molar-refractivity contribution in [3.05, 3.63) is 95.6 Å². The molecule has 6 nitrogen and oxygen atoms in total. The summed E-state index contributed by atoms with van der Waals surface area (Å²) in [5, 5.41) is 0.862. The molecular weight excluding hydrogens is 420 g/mol. The molecule has 0 saturated heterocycles. The average molecular weight is 445 g/mol. The molecule has 0 saturated carbocycles. The summed E-state index contributed by atoms with van der Waals surface area (Å²) in [6.07, 6.45) is 0.294. The standard InChI is InChI=1S/C25H24N4O2S/c1-17(19-7-3-2-4-8-19)15-23(30)28-29-24(31)20-13-11-18(12-14-20)16-32-25-26-21-9-5-6-10-22(21)27-25/h2-14,17H,15-16H2,1H3,(H,26,27)(H,28,30)(H,29,31)/t17-/m0/s1. The predicted octanol–water partition coefficient (Wildman–Crippen LogP) is 4.81. The Kier molecular flexibility index (Phi) is 6.87. The van der Waals surface area contributed by atoms with Gasteiger partial charge in [-0.2, -0.15) is 0 Å². The Morgan fingerprint density at radius 1 is 0.938 bits per heavy atom. The van der Waals surface area contributed by atoms with E-state index in [0.717, 1.165) is 33.1 Å². The maximum Gasteiger partial charge on any atom is 0.269 e. The molecule has 0 bridgehead atoms. The van der Waals surface area contributed by atoms with Gasteiger partial charge < -0.3 is 4.98 Å². The number of rotatable bonds is 7. The Morgan fingerprint density at radius 3 is 2.41 bits per heavy atom. The molecule has 3 aromatic carbocycles. The second-order valence-electron chi connectivity index (χ2n) is 7.56. The second-order valence-corrected chi connectivity index (χ2v) is 8.53. The number of aromatic amines is 1. The van der Waals surface area contributed by atoms with Gasteiger partial charge in [0.05, 0.1) is 11.0 Å². The summed E-state index contributed by atoms with van der Waals surface area (Å²) in [6.45, 7) is 1.98. The van der Waals surface area contributed by atoms with Crippen molar-refractivity contribution in [2.24, 2.45) is 0 Å². The number of amides is 2. The number of para-hydroxylation sites is 2. The highest BCUT2D eigenvalue weighted by Crippen LogP contribution is 2.23. The van der Waals surface area contributed by atoms with Crippen molar-refractivity contribution in [3.63, 3.8) is 0 Å². The van der Waals surface area contributed by atoms with E-state index in [-0.39, 0.29) is 17.7 Å². The molecule has 0 unspecified atom stereocenters. The zero-order valence-electron chi connectivity index (χ0n) is 17.7. The van der Waals surface area contributed by atoms with Crippen LogP contribution in [0.4, 0.5) is 0 Å². The Balaban J connectivity index is 1.25. The Morgan fingerprint density at radius 2 is 1.66 bits per heavy atom. The van der Waals surface area contributed by atoms with Crippen LogP contribution in [0.2, 0.25) is 0 Å². The molecule has 4 rings (SSSR count). The summed E-state index contributed by atoms with van der Waals surface area (Å²) in [5.41, 5.74) is 9.60. The molecule has 162 valence electrons. The van der Waals surface area contributed by atoms with Gasteiger partial charge in [0.1, 0.15) is 0 Å². The van der Waals surface area contributed by atoms with Gasteiger partial charge in [0.2, 0.25) is 5.91 Å². The normalized spacial score (nSPS) is 11.8. The minimum atomic E-state index is -0.345. The van der Waals surface area contributed by atoms with Crippen molar-refractivity contribution >= 4 is 34.6 Å². The quantitative estimate of drug-likeness (QED) is 0.282. The van der Waals surface area contributed by atoms with E-state index in [1.54, 1.807) is 23.9 Å². The molecule has 0 radical (unpaired) electrons. The topological polar surface area (TPSA) is 86.9 Å². The van der Waals surface area contributed by atoms with Gasteiger partial charge in [0.15, 0.2) is 5.16 Å². The first-order chi connectivity index (χ1) is 15.6. The van der Waals surface area contributed by atoms with E-state index in [9.17, 15) is 9.59 Å². The van der Waals surface area contributed by atoms with Crippen LogP contribution in [0, 0.1) is 0 Å². The number of benzene rings is 3. The summed E-state index contributed by atoms with van der Waals surface area (Å²) < 4.78 is 0. The molecule has 0 aliphatic rings. The van der Waals surface area contributed by atoms with Crippen molar-refractivity contribution in [3.8, 4) is 0 Å². The maximum atomic E-state index is 12.3. The average Bonchev–Trinajstić information content (AvgIpc) is 3.25. The number of thioether (sulfide) groups is 1. The monoisotopic (exact) mass is 444 g/mol. The lowest BCUT2D eigenvalue weighted by atomic mass is 9.98. The first kappa shape index (κ1) is 21.6. The minimum absolute atomic E-state index is 0.0663. The molecule has 0 fully saturated rings. The smallest absolute Gasteiger partial charge is 0.269 e. The van der Waals surface area contributed by atoms with Crippen molar-refractivity contribution < 1.29 is 9.59 Å². The van der Waals surface area contributed by atoms with Crippen molar-refractivity contribution in [1.82, 2.24) is 20.8 Å². The number of hydrogen-bond acceptors (Lipinski definition) is 4. The van der Waals surface area contributed by atoms with Gasteiger partial charge in [-0.05, 0) is 41.3 Å². The van der Waals surface area contributed by atoms with Gasteiger partial charge in [0.25, 0.3) is 5.91 Å². The molecule has 7 heteroatoms. The number of carbonyl (C=O) groups is 2. The fraction of sp³-hybridized carbons (Fsp3) is 0.160. The van der Waals surface area contributed by atoms with Crippen LogP contribution in [-0.4, -0.2) is 21.8 Å². The summed E-state index contributed by atoms with van der Waals surface area (Å²) in [4.78, 5) is 32.4. The van der Waals surface area contributed by atoms with Gasteiger partial charge in [-0.25, -0.2) is 4.98 Å². The predicted molar refractivity (Wildman–Crippen MR) is 127 cm³/mol. The SMILES string of the molecule is C[C@@H](CC(=O)NNC(=O)c1ccc(CSc2nc3ccccc3[nH]2)cc1)c1ccccc1. The van der Waals surface area contributed by atoms with E-state index in [1.165, 1.54) is 0 Å². The van der Waals surface area contributed by atoms with Crippen LogP contribution < -0.4 is 10.9 Å². The summed E-state index contributed by atoms with van der Waals surface area (Å²) >= 11 is 1.61. The van der Waals surface area contributed by atoms with Gasteiger partial charge in [-0.15, -0.1) is 0 Å². The molecule has 4 aromatic rings. The van der Waals surface area contributed by atoms with E-state index < -0.39 is 0 Å². The molecule has 0 aliphatic carbocycles. The highest BCUT2D eigenvalue weighted by molar-refractivity contribution is 7.98. The number of imidazole rings is 1. The number of fused-ring (bicyclic) bond motifs is 1. The first-order valence-corrected chi connectivity index (χ1v) is 11.4. The van der Waals surface area contributed by atoms with Crippen molar-refractivity contribution in [1.29, 1.82) is 0 Å². The molecule has 1 aromatic heterocycles.